The van der Waals surface area contributed by atoms with Crippen LogP contribution in [0.3, 0.4) is 0 Å². The van der Waals surface area contributed by atoms with Crippen molar-refractivity contribution in [3.8, 4) is 5.75 Å². The number of benzene rings is 1. The maximum Gasteiger partial charge on any atom is 0.189 e. The van der Waals surface area contributed by atoms with Gasteiger partial charge in [-0.25, -0.2) is 0 Å². The van der Waals surface area contributed by atoms with Crippen LogP contribution in [-0.4, -0.2) is 15.6 Å². The number of hydrogen-bond donors (Lipinski definition) is 0. The molecule has 0 atom stereocenters. The van der Waals surface area contributed by atoms with E-state index >= 15 is 0 Å². The molecule has 3 aromatic rings. The summed E-state index contributed by atoms with van der Waals surface area (Å²) in [6.07, 6.45) is 4.78. The molecule has 134 valence electrons. The van der Waals surface area contributed by atoms with E-state index < -0.39 is 0 Å². The molecule has 2 heterocycles. The number of ether oxygens (including phenoxy) is 1. The molecular formula is C19H16Cl2N2O3. The summed E-state index contributed by atoms with van der Waals surface area (Å²) >= 11 is 11.8. The zero-order chi connectivity index (χ0) is 18.7. The van der Waals surface area contributed by atoms with Crippen molar-refractivity contribution in [2.75, 3.05) is 0 Å². The average molecular weight is 391 g/mol. The Kier molecular flexibility index (Phi) is 5.49. The molecule has 0 N–H and O–H groups in total. The fourth-order valence-corrected chi connectivity index (χ4v) is 2.66. The molecule has 0 aliphatic carbocycles. The summed E-state index contributed by atoms with van der Waals surface area (Å²) in [5.74, 6) is 1.66. The van der Waals surface area contributed by atoms with E-state index in [1.54, 1.807) is 61.3 Å². The number of allylic oxidation sites excluding steroid dienone is 1. The molecule has 0 fully saturated rings. The zero-order valence-electron chi connectivity index (χ0n) is 14.2. The standard InChI is InChI=1S/C19H16Cl2N2O3/c1-12-16(10-23(2)22-12)19(24)8-6-13-3-4-15(26-13)11-25-14-5-7-17(20)18(21)9-14/h3-10H,11H2,1-2H3/b8-6-. The Morgan fingerprint density at radius 2 is 2.08 bits per heavy atom. The largest absolute Gasteiger partial charge is 0.486 e. The van der Waals surface area contributed by atoms with Gasteiger partial charge in [-0.05, 0) is 43.3 Å². The van der Waals surface area contributed by atoms with E-state index in [9.17, 15) is 4.79 Å². The first-order valence-corrected chi connectivity index (χ1v) is 8.57. The minimum absolute atomic E-state index is 0.124. The highest BCUT2D eigenvalue weighted by molar-refractivity contribution is 6.42. The smallest absolute Gasteiger partial charge is 0.189 e. The van der Waals surface area contributed by atoms with Crippen LogP contribution in [0.25, 0.3) is 6.08 Å². The van der Waals surface area contributed by atoms with Crippen LogP contribution in [0, 0.1) is 6.92 Å². The number of ketones is 1. The quantitative estimate of drug-likeness (QED) is 0.433. The fourth-order valence-electron chi connectivity index (χ4n) is 2.37. The lowest BCUT2D eigenvalue weighted by atomic mass is 10.1. The van der Waals surface area contributed by atoms with E-state index in [1.165, 1.54) is 6.08 Å². The number of nitrogens with zero attached hydrogens (tertiary/aromatic N) is 2. The second-order valence-corrected chi connectivity index (χ2v) is 6.48. The fraction of sp³-hybridized carbons (Fsp3) is 0.158. The van der Waals surface area contributed by atoms with Gasteiger partial charge in [0.2, 0.25) is 0 Å². The van der Waals surface area contributed by atoms with Crippen molar-refractivity contribution in [2.45, 2.75) is 13.5 Å². The molecule has 0 spiro atoms. The van der Waals surface area contributed by atoms with E-state index in [2.05, 4.69) is 5.10 Å². The molecule has 5 nitrogen and oxygen atoms in total. The number of hydrogen-bond acceptors (Lipinski definition) is 4. The Labute approximate surface area is 160 Å². The predicted octanol–water partition coefficient (Wildman–Crippen LogP) is 5.10. The summed E-state index contributed by atoms with van der Waals surface area (Å²) in [6, 6.07) is 8.60. The van der Waals surface area contributed by atoms with Crippen LogP contribution < -0.4 is 4.74 Å². The number of carbonyl (C=O) groups is 1. The van der Waals surface area contributed by atoms with Gasteiger partial charge in [0.15, 0.2) is 5.78 Å². The van der Waals surface area contributed by atoms with Crippen molar-refractivity contribution in [2.24, 2.45) is 7.05 Å². The van der Waals surface area contributed by atoms with Gasteiger partial charge >= 0.3 is 0 Å². The van der Waals surface area contributed by atoms with Crippen LogP contribution in [0.2, 0.25) is 10.0 Å². The van der Waals surface area contributed by atoms with E-state index in [4.69, 9.17) is 32.4 Å². The molecule has 2 aromatic heterocycles. The molecule has 26 heavy (non-hydrogen) atoms. The minimum Gasteiger partial charge on any atom is -0.486 e. The van der Waals surface area contributed by atoms with Gasteiger partial charge in [-0.3, -0.25) is 9.48 Å². The highest BCUT2D eigenvalue weighted by atomic mass is 35.5. The number of carbonyl (C=O) groups excluding carboxylic acids is 1. The zero-order valence-corrected chi connectivity index (χ0v) is 15.7. The lowest BCUT2D eigenvalue weighted by molar-refractivity contribution is 0.104. The molecule has 0 saturated heterocycles. The Bertz CT molecular complexity index is 973. The highest BCUT2D eigenvalue weighted by Crippen LogP contribution is 2.27. The van der Waals surface area contributed by atoms with Gasteiger partial charge in [0.05, 0.1) is 21.3 Å². The average Bonchev–Trinajstić information content (AvgIpc) is 3.19. The highest BCUT2D eigenvalue weighted by Gasteiger charge is 2.10. The minimum atomic E-state index is -0.124. The van der Waals surface area contributed by atoms with Crippen LogP contribution in [0.1, 0.15) is 27.6 Å². The number of aromatic nitrogens is 2. The summed E-state index contributed by atoms with van der Waals surface area (Å²) in [7, 11) is 1.78. The van der Waals surface area contributed by atoms with Gasteiger partial charge in [0.1, 0.15) is 23.9 Å². The second-order valence-electron chi connectivity index (χ2n) is 5.67. The van der Waals surface area contributed by atoms with Crippen LogP contribution in [0.5, 0.6) is 5.75 Å². The summed E-state index contributed by atoms with van der Waals surface area (Å²) in [5, 5.41) is 5.06. The Balaban J connectivity index is 1.61. The van der Waals surface area contributed by atoms with E-state index in [0.717, 1.165) is 0 Å². The summed E-state index contributed by atoms with van der Waals surface area (Å²) in [6.45, 7) is 2.04. The van der Waals surface area contributed by atoms with E-state index in [1.807, 2.05) is 0 Å². The summed E-state index contributed by atoms with van der Waals surface area (Å²) in [4.78, 5) is 12.2. The van der Waals surface area contributed by atoms with Crippen molar-refractivity contribution < 1.29 is 13.9 Å². The first kappa shape index (κ1) is 18.3. The van der Waals surface area contributed by atoms with Crippen molar-refractivity contribution in [3.05, 3.63) is 75.4 Å². The van der Waals surface area contributed by atoms with Crippen LogP contribution in [0.15, 0.2) is 47.0 Å². The van der Waals surface area contributed by atoms with Gasteiger partial charge in [-0.15, -0.1) is 0 Å². The van der Waals surface area contributed by atoms with Crippen molar-refractivity contribution >= 4 is 35.1 Å². The molecule has 0 radical (unpaired) electrons. The maximum absolute atomic E-state index is 12.2. The first-order chi connectivity index (χ1) is 12.4. The third-order valence-corrected chi connectivity index (χ3v) is 4.37. The molecule has 0 amide bonds. The Hall–Kier alpha value is -2.50. The molecule has 0 unspecified atom stereocenters. The Morgan fingerprint density at radius 1 is 1.27 bits per heavy atom. The molecule has 0 aliphatic rings. The third kappa shape index (κ3) is 4.36. The molecule has 0 aliphatic heterocycles. The molecule has 0 bridgehead atoms. The van der Waals surface area contributed by atoms with Crippen molar-refractivity contribution in [1.29, 1.82) is 0 Å². The third-order valence-electron chi connectivity index (χ3n) is 3.63. The lowest BCUT2D eigenvalue weighted by Gasteiger charge is -2.05. The lowest BCUT2D eigenvalue weighted by Crippen LogP contribution is -1.94. The number of halogens is 2. The number of aryl methyl sites for hydroxylation is 2. The molecule has 7 heteroatoms. The van der Waals surface area contributed by atoms with Crippen molar-refractivity contribution in [1.82, 2.24) is 9.78 Å². The maximum atomic E-state index is 12.2. The molecule has 1 aromatic carbocycles. The van der Waals surface area contributed by atoms with Gasteiger partial charge in [0, 0.05) is 19.3 Å². The van der Waals surface area contributed by atoms with E-state index in [0.29, 0.717) is 38.6 Å². The summed E-state index contributed by atoms with van der Waals surface area (Å²) < 4.78 is 12.9. The second kappa shape index (κ2) is 7.81. The van der Waals surface area contributed by atoms with Gasteiger partial charge in [-0.1, -0.05) is 23.2 Å². The molecule has 0 saturated carbocycles. The van der Waals surface area contributed by atoms with Gasteiger partial charge < -0.3 is 9.15 Å². The van der Waals surface area contributed by atoms with Crippen LogP contribution >= 0.6 is 23.2 Å². The van der Waals surface area contributed by atoms with Gasteiger partial charge in [-0.2, -0.15) is 5.10 Å². The van der Waals surface area contributed by atoms with E-state index in [-0.39, 0.29) is 12.4 Å². The number of furan rings is 1. The summed E-state index contributed by atoms with van der Waals surface area (Å²) in [5.41, 5.74) is 1.26. The van der Waals surface area contributed by atoms with Crippen molar-refractivity contribution in [3.63, 3.8) is 0 Å². The van der Waals surface area contributed by atoms with Crippen LogP contribution in [-0.2, 0) is 13.7 Å². The van der Waals surface area contributed by atoms with Gasteiger partial charge in [0.25, 0.3) is 0 Å². The monoisotopic (exact) mass is 390 g/mol. The number of rotatable bonds is 6. The SMILES string of the molecule is Cc1nn(C)cc1C(=O)/C=C\c1ccc(COc2ccc(Cl)c(Cl)c2)o1. The topological polar surface area (TPSA) is 57.3 Å². The molecule has 3 rings (SSSR count). The normalized spacial score (nSPS) is 11.2. The predicted molar refractivity (Wildman–Crippen MR) is 101 cm³/mol. The molecular weight excluding hydrogens is 375 g/mol. The van der Waals surface area contributed by atoms with Crippen LogP contribution in [0.4, 0.5) is 0 Å². The Morgan fingerprint density at radius 3 is 2.77 bits per heavy atom. The first-order valence-electron chi connectivity index (χ1n) is 7.81.